The molecule has 10 heteroatoms. The lowest BCUT2D eigenvalue weighted by atomic mass is 10.0. The lowest BCUT2D eigenvalue weighted by molar-refractivity contribution is -0.152. The van der Waals surface area contributed by atoms with E-state index in [4.69, 9.17) is 9.47 Å². The van der Waals surface area contributed by atoms with Crippen molar-refractivity contribution in [3.8, 4) is 0 Å². The number of thioether (sulfide) groups is 1. The van der Waals surface area contributed by atoms with Crippen LogP contribution in [0.5, 0.6) is 0 Å². The van der Waals surface area contributed by atoms with Crippen LogP contribution in [0.3, 0.4) is 0 Å². The molecule has 3 heterocycles. The molecule has 0 saturated carbocycles. The van der Waals surface area contributed by atoms with Crippen LogP contribution in [0.1, 0.15) is 24.2 Å². The molecule has 202 valence electrons. The van der Waals surface area contributed by atoms with Crippen molar-refractivity contribution in [3.05, 3.63) is 107 Å². The Bertz CT molecular complexity index is 1530. The van der Waals surface area contributed by atoms with E-state index >= 15 is 0 Å². The number of carbonyl (C=O) groups is 3. The van der Waals surface area contributed by atoms with Gasteiger partial charge in [0.1, 0.15) is 23.7 Å². The fourth-order valence-electron chi connectivity index (χ4n) is 4.79. The molecule has 4 aromatic rings. The lowest BCUT2D eigenvalue weighted by Gasteiger charge is -2.49. The summed E-state index contributed by atoms with van der Waals surface area (Å²) in [6.07, 6.45) is -0.682. The molecule has 2 aliphatic heterocycles. The number of β-lactam (4-membered cyclic amide) rings is 1. The first-order chi connectivity index (χ1) is 19.5. The van der Waals surface area contributed by atoms with Gasteiger partial charge in [-0.25, -0.2) is 9.78 Å². The number of aromatic nitrogens is 1. The van der Waals surface area contributed by atoms with Gasteiger partial charge < -0.3 is 14.8 Å². The van der Waals surface area contributed by atoms with Crippen molar-refractivity contribution in [1.29, 1.82) is 0 Å². The average molecular weight is 572 g/mol. The maximum absolute atomic E-state index is 13.9. The molecular formula is C30H25N3O5S2. The summed E-state index contributed by atoms with van der Waals surface area (Å²) >= 11 is 2.98. The van der Waals surface area contributed by atoms with E-state index in [0.717, 1.165) is 21.3 Å². The van der Waals surface area contributed by atoms with Gasteiger partial charge in [-0.2, -0.15) is 0 Å². The van der Waals surface area contributed by atoms with Crippen LogP contribution >= 0.6 is 23.1 Å². The minimum atomic E-state index is -0.682. The molecule has 0 spiro atoms. The number of benzene rings is 3. The van der Waals surface area contributed by atoms with Crippen LogP contribution in [0.15, 0.2) is 96.2 Å². The first-order valence-corrected chi connectivity index (χ1v) is 14.6. The van der Waals surface area contributed by atoms with E-state index in [1.54, 1.807) is 0 Å². The van der Waals surface area contributed by atoms with E-state index in [0.29, 0.717) is 16.5 Å². The predicted octanol–water partition coefficient (Wildman–Crippen LogP) is 5.14. The summed E-state index contributed by atoms with van der Waals surface area (Å²) in [7, 11) is 0. The highest BCUT2D eigenvalue weighted by Gasteiger charge is 2.54. The molecule has 2 atom stereocenters. The van der Waals surface area contributed by atoms with Crippen molar-refractivity contribution in [3.63, 3.8) is 0 Å². The summed E-state index contributed by atoms with van der Waals surface area (Å²) in [4.78, 5) is 45.1. The lowest BCUT2D eigenvalue weighted by Crippen LogP contribution is -2.67. The van der Waals surface area contributed by atoms with E-state index < -0.39 is 24.1 Å². The topological polar surface area (TPSA) is 97.8 Å². The largest absolute Gasteiger partial charge is 0.461 e. The quantitative estimate of drug-likeness (QED) is 0.229. The molecule has 0 aliphatic carbocycles. The molecule has 1 N–H and O–H groups in total. The van der Waals surface area contributed by atoms with Gasteiger partial charge in [0.15, 0.2) is 11.2 Å². The molecule has 6 rings (SSSR count). The number of nitrogens with one attached hydrogen (secondary N) is 1. The van der Waals surface area contributed by atoms with Crippen LogP contribution in [0, 0.1) is 0 Å². The number of hydrogen-bond donors (Lipinski definition) is 1. The van der Waals surface area contributed by atoms with Crippen LogP contribution < -0.4 is 5.32 Å². The SMILES string of the molecule is CC(=O)OCC1=C(C(=O)OC(c2ccccc2)c2ccccc2)N2C(=O)[C@@H](Nc3nc4ccccc4s3)[C@H]2SC1. The van der Waals surface area contributed by atoms with Crippen LogP contribution in [0.4, 0.5) is 5.13 Å². The second-order valence-electron chi connectivity index (χ2n) is 9.36. The predicted molar refractivity (Wildman–Crippen MR) is 155 cm³/mol. The van der Waals surface area contributed by atoms with Gasteiger partial charge >= 0.3 is 11.9 Å². The number of amides is 1. The Labute approximate surface area is 239 Å². The van der Waals surface area contributed by atoms with Crippen molar-refractivity contribution in [1.82, 2.24) is 9.88 Å². The Morgan fingerprint density at radius 3 is 2.30 bits per heavy atom. The Balaban J connectivity index is 1.29. The van der Waals surface area contributed by atoms with Crippen LogP contribution in [-0.4, -0.2) is 51.5 Å². The van der Waals surface area contributed by atoms with E-state index in [2.05, 4.69) is 10.3 Å². The zero-order valence-electron chi connectivity index (χ0n) is 21.5. The van der Waals surface area contributed by atoms with Gasteiger partial charge in [0.2, 0.25) is 0 Å². The summed E-state index contributed by atoms with van der Waals surface area (Å²) in [5.41, 5.74) is 3.13. The van der Waals surface area contributed by atoms with Crippen molar-refractivity contribution in [2.45, 2.75) is 24.4 Å². The minimum absolute atomic E-state index is 0.0967. The molecule has 8 nitrogen and oxygen atoms in total. The molecule has 3 aromatic carbocycles. The Morgan fingerprint density at radius 1 is 1.00 bits per heavy atom. The number of thiazole rings is 1. The van der Waals surface area contributed by atoms with Gasteiger partial charge in [0.05, 0.1) is 10.2 Å². The molecule has 0 bridgehead atoms. The van der Waals surface area contributed by atoms with Crippen LogP contribution in [-0.2, 0) is 23.9 Å². The monoisotopic (exact) mass is 571 g/mol. The standard InChI is InChI=1S/C30H25N3O5S2/c1-18(34)37-16-21-17-39-28-24(32-30-31-22-14-8-9-15-23(22)40-30)27(35)33(28)25(21)29(36)38-26(19-10-4-2-5-11-19)20-12-6-3-7-13-20/h2-15,24,26,28H,16-17H2,1H3,(H,31,32)/t24-,28-/m1/s1. The molecule has 40 heavy (non-hydrogen) atoms. The van der Waals surface area contributed by atoms with Gasteiger partial charge in [-0.1, -0.05) is 84.1 Å². The summed E-state index contributed by atoms with van der Waals surface area (Å²) in [6.45, 7) is 1.21. The first-order valence-electron chi connectivity index (χ1n) is 12.7. The highest BCUT2D eigenvalue weighted by Crippen LogP contribution is 2.43. The number of ether oxygens (including phenoxy) is 2. The molecule has 1 aromatic heterocycles. The van der Waals surface area contributed by atoms with Crippen LogP contribution in [0.25, 0.3) is 10.2 Å². The third-order valence-corrected chi connectivity index (χ3v) is 9.00. The van der Waals surface area contributed by atoms with Crippen molar-refractivity contribution in [2.75, 3.05) is 17.7 Å². The minimum Gasteiger partial charge on any atom is -0.461 e. The number of fused-ring (bicyclic) bond motifs is 2. The number of carbonyl (C=O) groups excluding carboxylic acids is 3. The summed E-state index contributed by atoms with van der Waals surface area (Å²) in [6, 6.07) is 26.1. The molecule has 1 fully saturated rings. The Morgan fingerprint density at radius 2 is 1.65 bits per heavy atom. The van der Waals surface area contributed by atoms with E-state index in [1.807, 2.05) is 84.9 Å². The summed E-state index contributed by atoms with van der Waals surface area (Å²) in [5, 5.41) is 3.58. The number of rotatable bonds is 8. The van der Waals surface area contributed by atoms with E-state index in [9.17, 15) is 14.4 Å². The second-order valence-corrected chi connectivity index (χ2v) is 11.5. The number of nitrogens with zero attached hydrogens (tertiary/aromatic N) is 2. The number of anilines is 1. The fourth-order valence-corrected chi connectivity index (χ4v) is 7.02. The molecule has 2 aliphatic rings. The zero-order valence-corrected chi connectivity index (χ0v) is 23.1. The van der Waals surface area contributed by atoms with Gasteiger partial charge in [-0.3, -0.25) is 14.5 Å². The average Bonchev–Trinajstić information content (AvgIpc) is 3.40. The Kier molecular flexibility index (Phi) is 7.27. The number of hydrogen-bond acceptors (Lipinski definition) is 9. The first kappa shape index (κ1) is 26.1. The maximum atomic E-state index is 13.9. The van der Waals surface area contributed by atoms with Gasteiger partial charge in [0.25, 0.3) is 5.91 Å². The van der Waals surface area contributed by atoms with Gasteiger partial charge in [-0.15, -0.1) is 11.8 Å². The van der Waals surface area contributed by atoms with Crippen molar-refractivity contribution < 1.29 is 23.9 Å². The van der Waals surface area contributed by atoms with E-state index in [1.165, 1.54) is 34.9 Å². The van der Waals surface area contributed by atoms with Gasteiger partial charge in [0, 0.05) is 18.2 Å². The van der Waals surface area contributed by atoms with E-state index in [-0.39, 0.29) is 23.6 Å². The zero-order chi connectivity index (χ0) is 27.6. The number of esters is 2. The van der Waals surface area contributed by atoms with Gasteiger partial charge in [-0.05, 0) is 23.3 Å². The molecule has 1 amide bonds. The summed E-state index contributed by atoms with van der Waals surface area (Å²) in [5.74, 6) is -0.966. The molecule has 0 unspecified atom stereocenters. The third kappa shape index (κ3) is 5.07. The molecule has 1 saturated heterocycles. The smallest absolute Gasteiger partial charge is 0.356 e. The fraction of sp³-hybridized carbons (Fsp3) is 0.200. The molecular weight excluding hydrogens is 546 g/mol. The maximum Gasteiger partial charge on any atom is 0.356 e. The second kappa shape index (κ2) is 11.1. The summed E-state index contributed by atoms with van der Waals surface area (Å²) < 4.78 is 12.4. The van der Waals surface area contributed by atoms with Crippen molar-refractivity contribution >= 4 is 56.3 Å². The van der Waals surface area contributed by atoms with Crippen molar-refractivity contribution in [2.24, 2.45) is 0 Å². The third-order valence-electron chi connectivity index (χ3n) is 6.69. The highest BCUT2D eigenvalue weighted by molar-refractivity contribution is 8.00. The highest BCUT2D eigenvalue weighted by atomic mass is 32.2. The normalized spacial score (nSPS) is 18.4. The van der Waals surface area contributed by atoms with Crippen LogP contribution in [0.2, 0.25) is 0 Å². The number of para-hydroxylation sites is 1. The molecule has 0 radical (unpaired) electrons. The Hall–Kier alpha value is -4.15.